The van der Waals surface area contributed by atoms with Crippen molar-refractivity contribution in [2.75, 3.05) is 0 Å². The van der Waals surface area contributed by atoms with Crippen molar-refractivity contribution in [2.24, 2.45) is 7.05 Å². The number of imidazole rings is 1. The highest BCUT2D eigenvalue weighted by molar-refractivity contribution is 6.12. The number of benzene rings is 3. The van der Waals surface area contributed by atoms with Crippen molar-refractivity contribution in [3.8, 4) is 11.1 Å². The average Bonchev–Trinajstić information content (AvgIpc) is 3.16. The molecule has 3 heterocycles. The zero-order valence-electron chi connectivity index (χ0n) is 21.4. The summed E-state index contributed by atoms with van der Waals surface area (Å²) in [6, 6.07) is 24.6. The number of aromatic nitrogens is 3. The third kappa shape index (κ3) is 3.11. The van der Waals surface area contributed by atoms with Gasteiger partial charge in [-0.05, 0) is 76.9 Å². The summed E-state index contributed by atoms with van der Waals surface area (Å²) in [7, 11) is 2.16. The van der Waals surface area contributed by atoms with Gasteiger partial charge in [0.15, 0.2) is 11.0 Å². The monoisotopic (exact) mass is 458 g/mol. The van der Waals surface area contributed by atoms with Crippen molar-refractivity contribution < 1.29 is 4.57 Å². The van der Waals surface area contributed by atoms with Gasteiger partial charge in [0.1, 0.15) is 5.52 Å². The Morgan fingerprint density at radius 3 is 2.23 bits per heavy atom. The molecule has 3 aromatic heterocycles. The Balaban J connectivity index is 1.82. The highest BCUT2D eigenvalue weighted by Crippen LogP contribution is 2.39. The molecule has 0 radical (unpaired) electrons. The highest BCUT2D eigenvalue weighted by atomic mass is 15.1. The summed E-state index contributed by atoms with van der Waals surface area (Å²) in [4.78, 5) is 4.95. The number of aryl methyl sites for hydroxylation is 2. The SMILES string of the molecule is Cc1ccnc2c3cc(-c4c(C(C)C)cccc4C(C)C)ccc3n3c4ccccc4[n+](C)c3c12. The quantitative estimate of drug-likeness (QED) is 0.195. The van der Waals surface area contributed by atoms with E-state index in [-0.39, 0.29) is 0 Å². The molecule has 6 aromatic rings. The lowest BCUT2D eigenvalue weighted by Gasteiger charge is -2.20. The topological polar surface area (TPSA) is 21.2 Å². The third-order valence-electron chi connectivity index (χ3n) is 7.55. The maximum Gasteiger partial charge on any atom is 0.297 e. The molecule has 0 saturated carbocycles. The summed E-state index contributed by atoms with van der Waals surface area (Å²) >= 11 is 0. The van der Waals surface area contributed by atoms with Gasteiger partial charge in [-0.2, -0.15) is 4.40 Å². The van der Waals surface area contributed by atoms with Crippen molar-refractivity contribution >= 4 is 38.5 Å². The molecule has 0 atom stereocenters. The van der Waals surface area contributed by atoms with Gasteiger partial charge in [-0.1, -0.05) is 64.1 Å². The van der Waals surface area contributed by atoms with Crippen LogP contribution in [0.5, 0.6) is 0 Å². The van der Waals surface area contributed by atoms with Gasteiger partial charge in [0.25, 0.3) is 5.65 Å². The molecule has 6 rings (SSSR count). The van der Waals surface area contributed by atoms with Gasteiger partial charge >= 0.3 is 0 Å². The Morgan fingerprint density at radius 2 is 1.51 bits per heavy atom. The first kappa shape index (κ1) is 21.8. The Morgan fingerprint density at radius 1 is 0.800 bits per heavy atom. The first-order valence-corrected chi connectivity index (χ1v) is 12.6. The van der Waals surface area contributed by atoms with E-state index >= 15 is 0 Å². The largest absolute Gasteiger partial charge is 0.297 e. The Labute approximate surface area is 206 Å². The van der Waals surface area contributed by atoms with Gasteiger partial charge in [0.05, 0.1) is 18.0 Å². The zero-order chi connectivity index (χ0) is 24.4. The van der Waals surface area contributed by atoms with Crippen LogP contribution in [-0.2, 0) is 7.05 Å². The minimum Gasteiger partial charge on any atom is -0.255 e. The van der Waals surface area contributed by atoms with Gasteiger partial charge in [0.2, 0.25) is 0 Å². The third-order valence-corrected chi connectivity index (χ3v) is 7.55. The number of hydrogen-bond donors (Lipinski definition) is 0. The molecule has 3 nitrogen and oxygen atoms in total. The molecule has 0 saturated heterocycles. The van der Waals surface area contributed by atoms with Crippen LogP contribution < -0.4 is 4.57 Å². The lowest BCUT2D eigenvalue weighted by Crippen LogP contribution is -2.27. The second-order valence-corrected chi connectivity index (χ2v) is 10.4. The summed E-state index contributed by atoms with van der Waals surface area (Å²) in [6.45, 7) is 11.4. The molecule has 0 N–H and O–H groups in total. The molecule has 174 valence electrons. The lowest BCUT2D eigenvalue weighted by atomic mass is 9.84. The van der Waals surface area contributed by atoms with Crippen LogP contribution in [0.1, 0.15) is 56.2 Å². The number of fused-ring (bicyclic) bond motifs is 8. The molecule has 0 amide bonds. The molecular weight excluding hydrogens is 426 g/mol. The van der Waals surface area contributed by atoms with Gasteiger partial charge in [-0.15, -0.1) is 0 Å². The number of para-hydroxylation sites is 2. The van der Waals surface area contributed by atoms with E-state index in [9.17, 15) is 0 Å². The van der Waals surface area contributed by atoms with E-state index in [4.69, 9.17) is 4.98 Å². The fourth-order valence-electron chi connectivity index (χ4n) is 5.84. The molecule has 0 aliphatic heterocycles. The maximum atomic E-state index is 4.95. The van der Waals surface area contributed by atoms with Crippen LogP contribution in [0.3, 0.4) is 0 Å². The van der Waals surface area contributed by atoms with E-state index in [2.05, 4.69) is 117 Å². The normalized spacial score (nSPS) is 12.2. The Hall–Kier alpha value is -3.72. The van der Waals surface area contributed by atoms with Gasteiger partial charge in [-0.25, -0.2) is 4.57 Å². The van der Waals surface area contributed by atoms with Crippen LogP contribution >= 0.6 is 0 Å². The van der Waals surface area contributed by atoms with Crippen LogP contribution in [0.15, 0.2) is 72.9 Å². The summed E-state index contributed by atoms with van der Waals surface area (Å²) in [5, 5.41) is 2.42. The Kier molecular flexibility index (Phi) is 4.93. The van der Waals surface area contributed by atoms with Crippen molar-refractivity contribution in [3.05, 3.63) is 89.6 Å². The number of hydrogen-bond acceptors (Lipinski definition) is 1. The molecule has 0 bridgehead atoms. The van der Waals surface area contributed by atoms with Crippen molar-refractivity contribution in [1.82, 2.24) is 9.38 Å². The van der Waals surface area contributed by atoms with E-state index in [0.717, 1.165) is 5.52 Å². The molecule has 3 aromatic carbocycles. The van der Waals surface area contributed by atoms with Crippen LogP contribution in [0.4, 0.5) is 0 Å². The van der Waals surface area contributed by atoms with Gasteiger partial charge in [0, 0.05) is 11.6 Å². The predicted molar refractivity (Wildman–Crippen MR) is 147 cm³/mol. The fourth-order valence-corrected chi connectivity index (χ4v) is 5.84. The predicted octanol–water partition coefficient (Wildman–Crippen LogP) is 7.84. The molecule has 0 unspecified atom stereocenters. The first-order chi connectivity index (χ1) is 16.9. The molecule has 35 heavy (non-hydrogen) atoms. The molecular formula is C32H32N3+. The second-order valence-electron chi connectivity index (χ2n) is 10.4. The first-order valence-electron chi connectivity index (χ1n) is 12.6. The number of rotatable bonds is 3. The molecule has 3 heteroatoms. The van der Waals surface area contributed by atoms with Crippen molar-refractivity contribution in [2.45, 2.75) is 46.5 Å². The van der Waals surface area contributed by atoms with Crippen LogP contribution in [0, 0.1) is 6.92 Å². The number of nitrogens with zero attached hydrogens (tertiary/aromatic N) is 3. The average molecular weight is 459 g/mol. The van der Waals surface area contributed by atoms with Crippen molar-refractivity contribution in [1.29, 1.82) is 0 Å². The van der Waals surface area contributed by atoms with Crippen LogP contribution in [0.2, 0.25) is 0 Å². The summed E-state index contributed by atoms with van der Waals surface area (Å²) in [6.07, 6.45) is 1.95. The van der Waals surface area contributed by atoms with E-state index in [1.54, 1.807) is 0 Å². The fraction of sp³-hybridized carbons (Fsp3) is 0.250. The number of pyridine rings is 2. The Bertz CT molecular complexity index is 1740. The van der Waals surface area contributed by atoms with Crippen molar-refractivity contribution in [3.63, 3.8) is 0 Å². The zero-order valence-corrected chi connectivity index (χ0v) is 21.4. The summed E-state index contributed by atoms with van der Waals surface area (Å²) < 4.78 is 4.73. The molecule has 0 aliphatic carbocycles. The highest BCUT2D eigenvalue weighted by Gasteiger charge is 2.25. The van der Waals surface area contributed by atoms with E-state index in [1.807, 2.05) is 6.20 Å². The van der Waals surface area contributed by atoms with Gasteiger partial charge in [-0.3, -0.25) is 4.98 Å². The maximum absolute atomic E-state index is 4.95. The smallest absolute Gasteiger partial charge is 0.255 e. The second kappa shape index (κ2) is 7.91. The van der Waals surface area contributed by atoms with Crippen LogP contribution in [-0.4, -0.2) is 9.38 Å². The summed E-state index contributed by atoms with van der Waals surface area (Å²) in [5.41, 5.74) is 12.6. The van der Waals surface area contributed by atoms with Gasteiger partial charge < -0.3 is 0 Å². The summed E-state index contributed by atoms with van der Waals surface area (Å²) in [5.74, 6) is 0.901. The van der Waals surface area contributed by atoms with Crippen LogP contribution in [0.25, 0.3) is 49.6 Å². The molecule has 0 aliphatic rings. The van der Waals surface area contributed by atoms with E-state index in [1.165, 1.54) is 60.8 Å². The standard InChI is InChI=1S/C32H32N3/c1-19(2)23-10-9-11-24(20(3)4)30(23)22-14-15-26-25(18-22)31-29(21(5)16-17-33-31)32-34(6)27-12-7-8-13-28(27)35(26)32/h7-20H,1-6H3/q+1. The molecule has 0 spiro atoms. The minimum atomic E-state index is 0.450. The minimum absolute atomic E-state index is 0.450. The van der Waals surface area contributed by atoms with E-state index < -0.39 is 0 Å². The lowest BCUT2D eigenvalue weighted by molar-refractivity contribution is -0.617. The van der Waals surface area contributed by atoms with E-state index in [0.29, 0.717) is 11.8 Å². The molecule has 0 fully saturated rings.